The van der Waals surface area contributed by atoms with Gasteiger partial charge in [0.2, 0.25) is 5.43 Å². The van der Waals surface area contributed by atoms with Gasteiger partial charge in [-0.3, -0.25) is 14.4 Å². The Balaban J connectivity index is 1.67. The number of methoxy groups -OCH3 is 1. The Morgan fingerprint density at radius 3 is 2.63 bits per heavy atom. The van der Waals surface area contributed by atoms with Crippen LogP contribution >= 0.6 is 0 Å². The van der Waals surface area contributed by atoms with Gasteiger partial charge in [-0.15, -0.1) is 0 Å². The molecule has 0 bridgehead atoms. The van der Waals surface area contributed by atoms with Gasteiger partial charge >= 0.3 is 11.8 Å². The minimum atomic E-state index is -0.998. The third kappa shape index (κ3) is 4.01. The fraction of sp³-hybridized carbons (Fsp3) is 0.0526. The second-order valence-electron chi connectivity index (χ2n) is 5.37. The fourth-order valence-electron chi connectivity index (χ4n) is 2.32. The Bertz CT molecular complexity index is 1090. The number of anilines is 1. The number of hydrazone groups is 1. The zero-order valence-electron chi connectivity index (χ0n) is 14.3. The van der Waals surface area contributed by atoms with E-state index in [1.54, 1.807) is 48.5 Å². The summed E-state index contributed by atoms with van der Waals surface area (Å²) in [5.41, 5.74) is 2.69. The van der Waals surface area contributed by atoms with Crippen LogP contribution in [0.15, 0.2) is 69.1 Å². The zero-order valence-corrected chi connectivity index (χ0v) is 14.3. The van der Waals surface area contributed by atoms with Gasteiger partial charge in [-0.05, 0) is 24.3 Å². The maximum atomic E-state index is 12.3. The molecule has 8 nitrogen and oxygen atoms in total. The number of amides is 2. The molecule has 0 fully saturated rings. The fourth-order valence-corrected chi connectivity index (χ4v) is 2.32. The van der Waals surface area contributed by atoms with Crippen molar-refractivity contribution in [2.75, 3.05) is 12.4 Å². The predicted molar refractivity (Wildman–Crippen MR) is 99.8 cm³/mol. The molecule has 0 saturated carbocycles. The van der Waals surface area contributed by atoms with Crippen LogP contribution in [-0.2, 0) is 9.59 Å². The van der Waals surface area contributed by atoms with Gasteiger partial charge in [-0.1, -0.05) is 24.3 Å². The third-order valence-electron chi connectivity index (χ3n) is 3.64. The molecule has 2 N–H and O–H groups in total. The van der Waals surface area contributed by atoms with Crippen LogP contribution in [0.25, 0.3) is 11.0 Å². The second-order valence-corrected chi connectivity index (χ2v) is 5.37. The number of para-hydroxylation sites is 3. The topological polar surface area (TPSA) is 110 Å². The zero-order chi connectivity index (χ0) is 19.2. The Morgan fingerprint density at radius 2 is 1.81 bits per heavy atom. The monoisotopic (exact) mass is 365 g/mol. The van der Waals surface area contributed by atoms with E-state index in [1.807, 2.05) is 0 Å². The predicted octanol–water partition coefficient (Wildman–Crippen LogP) is 1.89. The van der Waals surface area contributed by atoms with E-state index >= 15 is 0 Å². The summed E-state index contributed by atoms with van der Waals surface area (Å²) in [6.45, 7) is 0. The minimum absolute atomic E-state index is 0.138. The standard InChI is InChI=1S/C19H15N3O5/c1-26-16-9-5-3-7-14(16)21-18(24)19(25)22-20-10-12-11-27-15-8-4-2-6-13(15)17(12)23/h2-11H,1H3,(H,21,24)(H,22,25)/b20-10-. The van der Waals surface area contributed by atoms with E-state index in [0.29, 0.717) is 22.4 Å². The first-order chi connectivity index (χ1) is 13.1. The molecular weight excluding hydrogens is 350 g/mol. The third-order valence-corrected chi connectivity index (χ3v) is 3.64. The molecule has 2 aromatic carbocycles. The van der Waals surface area contributed by atoms with Crippen LogP contribution in [0.1, 0.15) is 5.56 Å². The number of benzene rings is 2. The quantitative estimate of drug-likeness (QED) is 0.417. The molecule has 0 spiro atoms. The van der Waals surface area contributed by atoms with Crippen molar-refractivity contribution in [3.05, 3.63) is 70.6 Å². The van der Waals surface area contributed by atoms with Crippen LogP contribution in [0.5, 0.6) is 5.75 Å². The lowest BCUT2D eigenvalue weighted by molar-refractivity contribution is -0.136. The molecule has 1 aromatic heterocycles. The van der Waals surface area contributed by atoms with E-state index in [4.69, 9.17) is 9.15 Å². The highest BCUT2D eigenvalue weighted by Gasteiger charge is 2.15. The van der Waals surface area contributed by atoms with Gasteiger partial charge in [-0.2, -0.15) is 5.10 Å². The summed E-state index contributed by atoms with van der Waals surface area (Å²) in [6.07, 6.45) is 2.35. The molecule has 0 aliphatic carbocycles. The first-order valence-electron chi connectivity index (χ1n) is 7.88. The van der Waals surface area contributed by atoms with E-state index in [-0.39, 0.29) is 11.0 Å². The van der Waals surface area contributed by atoms with Crippen molar-refractivity contribution >= 4 is 34.7 Å². The summed E-state index contributed by atoms with van der Waals surface area (Å²) in [7, 11) is 1.45. The molecule has 0 aliphatic heterocycles. The van der Waals surface area contributed by atoms with E-state index in [1.165, 1.54) is 13.4 Å². The maximum absolute atomic E-state index is 12.3. The number of carbonyl (C=O) groups is 2. The summed E-state index contributed by atoms with van der Waals surface area (Å²) in [6, 6.07) is 13.4. The number of fused-ring (bicyclic) bond motifs is 1. The molecule has 27 heavy (non-hydrogen) atoms. The second kappa shape index (κ2) is 7.96. The van der Waals surface area contributed by atoms with Crippen molar-refractivity contribution in [2.45, 2.75) is 0 Å². The van der Waals surface area contributed by atoms with Crippen LogP contribution in [-0.4, -0.2) is 25.1 Å². The molecule has 1 heterocycles. The smallest absolute Gasteiger partial charge is 0.329 e. The van der Waals surface area contributed by atoms with Crippen LogP contribution in [0.4, 0.5) is 5.69 Å². The van der Waals surface area contributed by atoms with Crippen LogP contribution in [0.3, 0.4) is 0 Å². The van der Waals surface area contributed by atoms with Gasteiger partial charge in [0.1, 0.15) is 17.6 Å². The number of hydrogen-bond donors (Lipinski definition) is 2. The van der Waals surface area contributed by atoms with E-state index in [2.05, 4.69) is 15.8 Å². The molecular formula is C19H15N3O5. The summed E-state index contributed by atoms with van der Waals surface area (Å²) < 4.78 is 10.4. The maximum Gasteiger partial charge on any atom is 0.329 e. The summed E-state index contributed by atoms with van der Waals surface area (Å²) >= 11 is 0. The molecule has 0 radical (unpaired) electrons. The first-order valence-corrected chi connectivity index (χ1v) is 7.88. The van der Waals surface area contributed by atoms with Crippen molar-refractivity contribution in [3.8, 4) is 5.75 Å². The van der Waals surface area contributed by atoms with Crippen molar-refractivity contribution < 1.29 is 18.7 Å². The van der Waals surface area contributed by atoms with Gasteiger partial charge in [-0.25, -0.2) is 5.43 Å². The molecule has 8 heteroatoms. The Morgan fingerprint density at radius 1 is 1.07 bits per heavy atom. The highest BCUT2D eigenvalue weighted by molar-refractivity contribution is 6.39. The molecule has 0 unspecified atom stereocenters. The van der Waals surface area contributed by atoms with Crippen LogP contribution in [0, 0.1) is 0 Å². The number of hydrogen-bond acceptors (Lipinski definition) is 6. The van der Waals surface area contributed by atoms with Gasteiger partial charge in [0.05, 0.1) is 30.0 Å². The largest absolute Gasteiger partial charge is 0.495 e. The Hall–Kier alpha value is -3.94. The van der Waals surface area contributed by atoms with Crippen molar-refractivity contribution in [3.63, 3.8) is 0 Å². The highest BCUT2D eigenvalue weighted by Crippen LogP contribution is 2.22. The van der Waals surface area contributed by atoms with Crippen LogP contribution in [0.2, 0.25) is 0 Å². The van der Waals surface area contributed by atoms with Crippen molar-refractivity contribution in [2.24, 2.45) is 5.10 Å². The number of nitrogens with one attached hydrogen (secondary N) is 2. The molecule has 3 rings (SSSR count). The molecule has 2 amide bonds. The minimum Gasteiger partial charge on any atom is -0.495 e. The average Bonchev–Trinajstić information content (AvgIpc) is 2.70. The molecule has 3 aromatic rings. The Kier molecular flexibility index (Phi) is 5.27. The number of ether oxygens (including phenoxy) is 1. The lowest BCUT2D eigenvalue weighted by Crippen LogP contribution is -2.32. The SMILES string of the molecule is COc1ccccc1NC(=O)C(=O)N/N=C\c1coc2ccccc2c1=O. The summed E-state index contributed by atoms with van der Waals surface area (Å²) in [5.74, 6) is -1.51. The van der Waals surface area contributed by atoms with Crippen molar-refractivity contribution in [1.82, 2.24) is 5.43 Å². The van der Waals surface area contributed by atoms with E-state index < -0.39 is 11.8 Å². The number of rotatable bonds is 4. The van der Waals surface area contributed by atoms with Gasteiger partial charge in [0.15, 0.2) is 0 Å². The van der Waals surface area contributed by atoms with E-state index in [9.17, 15) is 14.4 Å². The lowest BCUT2D eigenvalue weighted by Gasteiger charge is -2.08. The summed E-state index contributed by atoms with van der Waals surface area (Å²) in [4.78, 5) is 36.1. The van der Waals surface area contributed by atoms with Gasteiger partial charge in [0.25, 0.3) is 0 Å². The lowest BCUT2D eigenvalue weighted by atomic mass is 10.2. The summed E-state index contributed by atoms with van der Waals surface area (Å²) in [5, 5.41) is 6.44. The van der Waals surface area contributed by atoms with Crippen molar-refractivity contribution in [1.29, 1.82) is 0 Å². The average molecular weight is 365 g/mol. The molecule has 0 atom stereocenters. The van der Waals surface area contributed by atoms with E-state index in [0.717, 1.165) is 6.21 Å². The molecule has 136 valence electrons. The Labute approximate surface area is 153 Å². The molecule has 0 saturated heterocycles. The van der Waals surface area contributed by atoms with Gasteiger partial charge in [0, 0.05) is 0 Å². The normalized spacial score (nSPS) is 10.7. The molecule has 0 aliphatic rings. The highest BCUT2D eigenvalue weighted by atomic mass is 16.5. The number of nitrogens with zero attached hydrogens (tertiary/aromatic N) is 1. The van der Waals surface area contributed by atoms with Crippen LogP contribution < -0.4 is 20.9 Å². The first kappa shape index (κ1) is 17.9. The van der Waals surface area contributed by atoms with Gasteiger partial charge < -0.3 is 14.5 Å². The number of carbonyl (C=O) groups excluding carboxylic acids is 2.